The molecular weight excluding hydrogens is 558 g/mol. The monoisotopic (exact) mass is 597 g/mol. The summed E-state index contributed by atoms with van der Waals surface area (Å²) in [6, 6.07) is 31.6. The molecule has 0 heterocycles. The summed E-state index contributed by atoms with van der Waals surface area (Å²) < 4.78 is 29.3. The number of hydrogen-bond donors (Lipinski definition) is 1. The average molecular weight is 598 g/mol. The van der Waals surface area contributed by atoms with Gasteiger partial charge in [0.05, 0.1) is 10.6 Å². The lowest BCUT2D eigenvalue weighted by Crippen LogP contribution is -2.53. The van der Waals surface area contributed by atoms with Gasteiger partial charge in [-0.3, -0.25) is 13.9 Å². The fraction of sp³-hybridized carbons (Fsp3) is 0.257. The second kappa shape index (κ2) is 14.6. The van der Waals surface area contributed by atoms with Crippen molar-refractivity contribution in [3.63, 3.8) is 0 Å². The Morgan fingerprint density at radius 3 is 2.00 bits per heavy atom. The summed E-state index contributed by atoms with van der Waals surface area (Å²) in [6.45, 7) is 5.90. The quantitative estimate of drug-likeness (QED) is 0.215. The summed E-state index contributed by atoms with van der Waals surface area (Å²) in [4.78, 5) is 29.7. The van der Waals surface area contributed by atoms with E-state index < -0.39 is 28.5 Å². The SMILES string of the molecule is CCCNC(=O)C(Cc1ccccc1)N(Cc1ccc(C)cc1)C(=O)CN(c1ccccc1C)S(=O)(=O)c1ccccc1. The maximum absolute atomic E-state index is 14.4. The van der Waals surface area contributed by atoms with Crippen LogP contribution in [0.2, 0.25) is 0 Å². The van der Waals surface area contributed by atoms with Crippen LogP contribution in [-0.2, 0) is 32.6 Å². The number of aryl methyl sites for hydroxylation is 2. The first kappa shape index (κ1) is 31.5. The van der Waals surface area contributed by atoms with E-state index >= 15 is 0 Å². The molecule has 0 aromatic heterocycles. The molecular formula is C35H39N3O4S. The zero-order chi connectivity index (χ0) is 30.8. The standard InChI is InChI=1S/C35H39N3O4S/c1-4-23-36-35(40)33(24-29-14-7-5-8-15-29)37(25-30-21-19-27(2)20-22-30)34(39)26-38(32-18-12-11-13-28(32)3)43(41,42)31-16-9-6-10-17-31/h5-22,33H,4,23-26H2,1-3H3,(H,36,40). The maximum atomic E-state index is 14.4. The van der Waals surface area contributed by atoms with Crippen LogP contribution in [0.5, 0.6) is 0 Å². The Morgan fingerprint density at radius 2 is 1.37 bits per heavy atom. The summed E-state index contributed by atoms with van der Waals surface area (Å²) in [5, 5.41) is 2.97. The van der Waals surface area contributed by atoms with Crippen molar-refractivity contribution in [2.75, 3.05) is 17.4 Å². The third kappa shape index (κ3) is 8.11. The Labute approximate surface area is 255 Å². The smallest absolute Gasteiger partial charge is 0.264 e. The number of benzene rings is 4. The van der Waals surface area contributed by atoms with E-state index in [1.807, 2.05) is 87.5 Å². The number of hydrogen-bond acceptors (Lipinski definition) is 4. The fourth-order valence-electron chi connectivity index (χ4n) is 4.89. The predicted octanol–water partition coefficient (Wildman–Crippen LogP) is 5.67. The van der Waals surface area contributed by atoms with Gasteiger partial charge in [0.2, 0.25) is 11.8 Å². The Balaban J connectivity index is 1.79. The maximum Gasteiger partial charge on any atom is 0.264 e. The van der Waals surface area contributed by atoms with Crippen LogP contribution in [0.3, 0.4) is 0 Å². The van der Waals surface area contributed by atoms with Crippen LogP contribution < -0.4 is 9.62 Å². The number of sulfonamides is 1. The molecule has 43 heavy (non-hydrogen) atoms. The van der Waals surface area contributed by atoms with Gasteiger partial charge < -0.3 is 10.2 Å². The zero-order valence-electron chi connectivity index (χ0n) is 24.9. The summed E-state index contributed by atoms with van der Waals surface area (Å²) in [5.41, 5.74) is 3.93. The zero-order valence-corrected chi connectivity index (χ0v) is 25.8. The minimum atomic E-state index is -4.12. The van der Waals surface area contributed by atoms with Crippen LogP contribution in [0.1, 0.15) is 35.6 Å². The first-order valence-corrected chi connectivity index (χ1v) is 15.9. The van der Waals surface area contributed by atoms with Crippen LogP contribution in [0.15, 0.2) is 114 Å². The van der Waals surface area contributed by atoms with Crippen LogP contribution in [0.4, 0.5) is 5.69 Å². The molecule has 0 aliphatic heterocycles. The number of carbonyl (C=O) groups is 2. The molecule has 4 rings (SSSR count). The lowest BCUT2D eigenvalue weighted by molar-refractivity contribution is -0.140. The van der Waals surface area contributed by atoms with Gasteiger partial charge in [0.1, 0.15) is 12.6 Å². The molecule has 2 amide bonds. The van der Waals surface area contributed by atoms with Gasteiger partial charge in [0.15, 0.2) is 0 Å². The number of carbonyl (C=O) groups excluding carboxylic acids is 2. The fourth-order valence-corrected chi connectivity index (χ4v) is 6.39. The van der Waals surface area contributed by atoms with E-state index in [2.05, 4.69) is 5.32 Å². The molecule has 0 aliphatic rings. The number of rotatable bonds is 13. The van der Waals surface area contributed by atoms with Crippen LogP contribution >= 0.6 is 0 Å². The van der Waals surface area contributed by atoms with Crippen molar-refractivity contribution in [2.45, 2.75) is 51.1 Å². The minimum absolute atomic E-state index is 0.0812. The molecule has 0 saturated carbocycles. The Bertz CT molecular complexity index is 1610. The summed E-state index contributed by atoms with van der Waals surface area (Å²) in [6.07, 6.45) is 1.02. The van der Waals surface area contributed by atoms with Gasteiger partial charge in [0.25, 0.3) is 10.0 Å². The van der Waals surface area contributed by atoms with Gasteiger partial charge in [-0.05, 0) is 55.2 Å². The highest BCUT2D eigenvalue weighted by atomic mass is 32.2. The Morgan fingerprint density at radius 1 is 0.767 bits per heavy atom. The van der Waals surface area contributed by atoms with E-state index in [4.69, 9.17) is 0 Å². The molecule has 1 atom stereocenters. The third-order valence-electron chi connectivity index (χ3n) is 7.29. The highest BCUT2D eigenvalue weighted by Gasteiger charge is 2.34. The average Bonchev–Trinajstić information content (AvgIpc) is 3.02. The second-order valence-corrected chi connectivity index (χ2v) is 12.5. The predicted molar refractivity (Wildman–Crippen MR) is 171 cm³/mol. The van der Waals surface area contributed by atoms with Crippen molar-refractivity contribution in [3.8, 4) is 0 Å². The number of nitrogens with one attached hydrogen (secondary N) is 1. The lowest BCUT2D eigenvalue weighted by atomic mass is 10.0. The van der Waals surface area contributed by atoms with Crippen molar-refractivity contribution in [3.05, 3.63) is 131 Å². The van der Waals surface area contributed by atoms with Gasteiger partial charge >= 0.3 is 0 Å². The van der Waals surface area contributed by atoms with Gasteiger partial charge in [-0.25, -0.2) is 8.42 Å². The largest absolute Gasteiger partial charge is 0.354 e. The molecule has 0 fully saturated rings. The molecule has 0 aliphatic carbocycles. The molecule has 7 nitrogen and oxygen atoms in total. The molecule has 1 unspecified atom stereocenters. The molecule has 0 bridgehead atoms. The number of anilines is 1. The molecule has 0 radical (unpaired) electrons. The third-order valence-corrected chi connectivity index (χ3v) is 9.06. The van der Waals surface area contributed by atoms with Crippen molar-refractivity contribution in [1.29, 1.82) is 0 Å². The van der Waals surface area contributed by atoms with Crippen LogP contribution in [-0.4, -0.2) is 44.3 Å². The molecule has 1 N–H and O–H groups in total. The molecule has 0 saturated heterocycles. The van der Waals surface area contributed by atoms with Gasteiger partial charge in [-0.2, -0.15) is 0 Å². The highest BCUT2D eigenvalue weighted by molar-refractivity contribution is 7.92. The van der Waals surface area contributed by atoms with E-state index in [0.717, 1.165) is 27.4 Å². The van der Waals surface area contributed by atoms with Gasteiger partial charge in [0, 0.05) is 19.5 Å². The van der Waals surface area contributed by atoms with Crippen LogP contribution in [0, 0.1) is 13.8 Å². The van der Waals surface area contributed by atoms with E-state index in [1.165, 1.54) is 17.0 Å². The van der Waals surface area contributed by atoms with Crippen molar-refractivity contribution < 1.29 is 18.0 Å². The van der Waals surface area contributed by atoms with E-state index in [9.17, 15) is 18.0 Å². The first-order valence-electron chi connectivity index (χ1n) is 14.5. The lowest BCUT2D eigenvalue weighted by Gasteiger charge is -2.34. The normalized spacial score (nSPS) is 11.9. The second-order valence-electron chi connectivity index (χ2n) is 10.6. The molecule has 4 aromatic carbocycles. The van der Waals surface area contributed by atoms with E-state index in [0.29, 0.717) is 17.8 Å². The molecule has 0 spiro atoms. The molecule has 224 valence electrons. The number of nitrogens with zero attached hydrogens (tertiary/aromatic N) is 2. The van der Waals surface area contributed by atoms with Gasteiger partial charge in [-0.1, -0.05) is 103 Å². The Kier molecular flexibility index (Phi) is 10.7. The Hall–Kier alpha value is -4.43. The van der Waals surface area contributed by atoms with E-state index in [-0.39, 0.29) is 23.8 Å². The summed E-state index contributed by atoms with van der Waals surface area (Å²) in [5.74, 6) is -0.754. The number of para-hydroxylation sites is 1. The summed E-state index contributed by atoms with van der Waals surface area (Å²) >= 11 is 0. The van der Waals surface area contributed by atoms with Crippen molar-refractivity contribution in [2.24, 2.45) is 0 Å². The topological polar surface area (TPSA) is 86.8 Å². The van der Waals surface area contributed by atoms with Crippen LogP contribution in [0.25, 0.3) is 0 Å². The van der Waals surface area contributed by atoms with E-state index in [1.54, 1.807) is 30.3 Å². The highest BCUT2D eigenvalue weighted by Crippen LogP contribution is 2.27. The summed E-state index contributed by atoms with van der Waals surface area (Å²) in [7, 11) is -4.12. The minimum Gasteiger partial charge on any atom is -0.354 e. The van der Waals surface area contributed by atoms with Crippen molar-refractivity contribution in [1.82, 2.24) is 10.2 Å². The molecule has 4 aromatic rings. The first-order chi connectivity index (χ1) is 20.7. The van der Waals surface area contributed by atoms with Gasteiger partial charge in [-0.15, -0.1) is 0 Å². The number of amides is 2. The van der Waals surface area contributed by atoms with Crippen molar-refractivity contribution >= 4 is 27.5 Å². The molecule has 8 heteroatoms.